The number of hydrogen-bond donors (Lipinski definition) is 1. The molecule has 0 spiro atoms. The van der Waals surface area contributed by atoms with E-state index in [4.69, 9.17) is 19.3 Å². The number of ether oxygens (including phenoxy) is 3. The molecular weight excluding hydrogens is 918 g/mol. The third-order valence-corrected chi connectivity index (χ3v) is 9.52. The second-order valence-electron chi connectivity index (χ2n) is 12.0. The van der Waals surface area contributed by atoms with Crippen LogP contribution in [0.2, 0.25) is 0 Å². The summed E-state index contributed by atoms with van der Waals surface area (Å²) in [4.78, 5) is 11.1. The van der Waals surface area contributed by atoms with Gasteiger partial charge in [0.2, 0.25) is 0 Å². The maximum absolute atomic E-state index is 13.3. The molecule has 0 bridgehead atoms. The largest absolute Gasteiger partial charge is 0.485 e. The second-order valence-corrected chi connectivity index (χ2v) is 15.5. The van der Waals surface area contributed by atoms with E-state index in [9.17, 15) is 9.18 Å². The lowest BCUT2D eigenvalue weighted by Gasteiger charge is -2.29. The van der Waals surface area contributed by atoms with Crippen molar-refractivity contribution < 1.29 is 28.5 Å². The van der Waals surface area contributed by atoms with E-state index in [0.29, 0.717) is 30.2 Å². The van der Waals surface area contributed by atoms with Gasteiger partial charge in [0.25, 0.3) is 0 Å². The summed E-state index contributed by atoms with van der Waals surface area (Å²) in [6, 6.07) is 14.0. The van der Waals surface area contributed by atoms with Gasteiger partial charge in [-0.05, 0) is 156 Å². The lowest BCUT2D eigenvalue weighted by molar-refractivity contribution is -0.136. The molecule has 3 aromatic carbocycles. The first-order valence-electron chi connectivity index (χ1n) is 14.2. The average Bonchev–Trinajstić information content (AvgIpc) is 3.41. The molecule has 4 aromatic rings. The fourth-order valence-electron chi connectivity index (χ4n) is 4.70. The zero-order valence-electron chi connectivity index (χ0n) is 25.7. The summed E-state index contributed by atoms with van der Waals surface area (Å²) in [6.45, 7) is 11.0. The smallest absolute Gasteiger partial charge is 0.307 e. The highest BCUT2D eigenvalue weighted by Gasteiger charge is 2.25. The average molecular weight is 953 g/mol. The Hall–Kier alpha value is -2.05. The molecule has 0 aliphatic rings. The molecule has 45 heavy (non-hydrogen) atoms. The Kier molecular flexibility index (Phi) is 12.1. The normalized spacial score (nSPS) is 11.9. The van der Waals surface area contributed by atoms with Gasteiger partial charge < -0.3 is 19.3 Å². The van der Waals surface area contributed by atoms with Gasteiger partial charge in [0, 0.05) is 13.0 Å². The molecule has 4 rings (SSSR count). The maximum atomic E-state index is 13.3. The van der Waals surface area contributed by atoms with E-state index < -0.39 is 11.6 Å². The van der Waals surface area contributed by atoms with Crippen LogP contribution in [0.25, 0.3) is 0 Å². The molecule has 1 N–H and O–H groups in total. The summed E-state index contributed by atoms with van der Waals surface area (Å²) in [5.41, 5.74) is 2.62. The number of benzene rings is 3. The molecule has 0 saturated carbocycles. The zero-order chi connectivity index (χ0) is 32.9. The minimum absolute atomic E-state index is 0.0307. The zero-order valence-corrected chi connectivity index (χ0v) is 32.1. The van der Waals surface area contributed by atoms with Crippen LogP contribution in [-0.2, 0) is 34.5 Å². The number of halogens is 4. The molecule has 0 aliphatic carbocycles. The number of carboxylic acids is 1. The van der Waals surface area contributed by atoms with Crippen LogP contribution >= 0.6 is 67.8 Å². The Labute approximate surface area is 303 Å². The van der Waals surface area contributed by atoms with E-state index in [2.05, 4.69) is 91.9 Å². The summed E-state index contributed by atoms with van der Waals surface area (Å²) in [5.74, 6) is 0.992. The molecule has 0 unspecified atom stereocenters. The Morgan fingerprint density at radius 3 is 2.22 bits per heavy atom. The predicted octanol–water partition coefficient (Wildman–Crippen LogP) is 8.70. The van der Waals surface area contributed by atoms with Crippen molar-refractivity contribution in [2.45, 2.75) is 71.6 Å². The van der Waals surface area contributed by atoms with Crippen molar-refractivity contribution in [3.63, 3.8) is 0 Å². The van der Waals surface area contributed by atoms with E-state index in [1.54, 1.807) is 12.1 Å². The fraction of sp³-hybridized carbons (Fsp3) is 0.364. The number of carboxylic acid groups (broad SMARTS) is 1. The van der Waals surface area contributed by atoms with Crippen molar-refractivity contribution >= 4 is 73.7 Å². The van der Waals surface area contributed by atoms with Gasteiger partial charge in [-0.2, -0.15) is 0 Å². The molecule has 240 valence electrons. The SMILES string of the molecule is Cc1cc(CC(=O)O)cc(I)c1Oc1cc(I)c(OCc2cn(C(C)(C)CCOC(C)(C)Cc3ccc(F)cc3)nn2)c(I)c1. The summed E-state index contributed by atoms with van der Waals surface area (Å²) in [6.07, 6.45) is 3.28. The van der Waals surface area contributed by atoms with Crippen LogP contribution in [0.4, 0.5) is 4.39 Å². The maximum Gasteiger partial charge on any atom is 0.307 e. The van der Waals surface area contributed by atoms with Gasteiger partial charge in [0.1, 0.15) is 35.4 Å². The fourth-order valence-corrected chi connectivity index (χ4v) is 7.66. The summed E-state index contributed by atoms with van der Waals surface area (Å²) >= 11 is 6.64. The van der Waals surface area contributed by atoms with Gasteiger partial charge >= 0.3 is 5.97 Å². The van der Waals surface area contributed by atoms with Gasteiger partial charge in [-0.25, -0.2) is 9.07 Å². The van der Waals surface area contributed by atoms with Crippen molar-refractivity contribution in [2.24, 2.45) is 0 Å². The first-order valence-corrected chi connectivity index (χ1v) is 17.5. The molecule has 0 fully saturated rings. The number of rotatable bonds is 14. The molecule has 0 radical (unpaired) electrons. The van der Waals surface area contributed by atoms with E-state index in [1.165, 1.54) is 12.1 Å². The van der Waals surface area contributed by atoms with Crippen molar-refractivity contribution in [2.75, 3.05) is 6.61 Å². The topological polar surface area (TPSA) is 95.7 Å². The number of nitrogens with zero attached hydrogens (tertiary/aromatic N) is 3. The Bertz CT molecular complexity index is 1610. The van der Waals surface area contributed by atoms with Gasteiger partial charge in [-0.3, -0.25) is 4.79 Å². The van der Waals surface area contributed by atoms with Crippen LogP contribution < -0.4 is 9.47 Å². The molecule has 8 nitrogen and oxygen atoms in total. The highest BCUT2D eigenvalue weighted by Crippen LogP contribution is 2.37. The van der Waals surface area contributed by atoms with Crippen LogP contribution in [0, 0.1) is 23.5 Å². The second kappa shape index (κ2) is 15.2. The first kappa shape index (κ1) is 35.8. The number of aryl methyl sites for hydroxylation is 1. The Morgan fingerprint density at radius 2 is 1.60 bits per heavy atom. The molecule has 0 atom stereocenters. The van der Waals surface area contributed by atoms with Crippen LogP contribution in [0.15, 0.2) is 54.7 Å². The lowest BCUT2D eigenvalue weighted by Crippen LogP contribution is -2.33. The lowest BCUT2D eigenvalue weighted by atomic mass is 9.97. The third-order valence-electron chi connectivity index (χ3n) is 7.11. The van der Waals surface area contributed by atoms with Gasteiger partial charge in [0.15, 0.2) is 0 Å². The molecule has 0 saturated heterocycles. The van der Waals surface area contributed by atoms with Crippen molar-refractivity contribution in [1.29, 1.82) is 0 Å². The van der Waals surface area contributed by atoms with Crippen molar-refractivity contribution in [1.82, 2.24) is 15.0 Å². The quantitative estimate of drug-likeness (QED) is 0.127. The van der Waals surface area contributed by atoms with E-state index in [1.807, 2.05) is 55.9 Å². The van der Waals surface area contributed by atoms with Gasteiger partial charge in [0.05, 0.1) is 34.5 Å². The monoisotopic (exact) mass is 953 g/mol. The van der Waals surface area contributed by atoms with Gasteiger partial charge in [-0.15, -0.1) is 5.10 Å². The van der Waals surface area contributed by atoms with Crippen molar-refractivity contribution in [3.8, 4) is 17.2 Å². The summed E-state index contributed by atoms with van der Waals surface area (Å²) in [7, 11) is 0. The van der Waals surface area contributed by atoms with Crippen LogP contribution in [0.5, 0.6) is 17.2 Å². The number of hydrogen-bond acceptors (Lipinski definition) is 6. The van der Waals surface area contributed by atoms with E-state index in [-0.39, 0.29) is 24.4 Å². The predicted molar refractivity (Wildman–Crippen MR) is 196 cm³/mol. The molecule has 1 aromatic heterocycles. The van der Waals surface area contributed by atoms with Crippen LogP contribution in [-0.4, -0.2) is 38.3 Å². The molecule has 1 heterocycles. The van der Waals surface area contributed by atoms with Crippen LogP contribution in [0.3, 0.4) is 0 Å². The summed E-state index contributed by atoms with van der Waals surface area (Å²) in [5, 5.41) is 17.8. The minimum Gasteiger partial charge on any atom is -0.485 e. The molecule has 12 heteroatoms. The van der Waals surface area contributed by atoms with Gasteiger partial charge in [-0.1, -0.05) is 23.4 Å². The highest BCUT2D eigenvalue weighted by molar-refractivity contribution is 14.1. The molecule has 0 aliphatic heterocycles. The van der Waals surface area contributed by atoms with Crippen LogP contribution in [0.1, 0.15) is 56.5 Å². The number of aromatic nitrogens is 3. The Morgan fingerprint density at radius 1 is 0.956 bits per heavy atom. The minimum atomic E-state index is -0.866. The van der Waals surface area contributed by atoms with Crippen molar-refractivity contribution in [3.05, 3.63) is 93.6 Å². The molecule has 0 amide bonds. The first-order chi connectivity index (χ1) is 21.1. The Balaban J connectivity index is 1.34. The molecular formula is C33H35FI3N3O5. The highest BCUT2D eigenvalue weighted by atomic mass is 127. The van der Waals surface area contributed by atoms with E-state index >= 15 is 0 Å². The standard InChI is InChI=1S/C33H35FI3N3O5/c1-20-12-22(14-29(41)42)13-26(35)30(20)45-25-15-27(36)31(28(37)16-25)43-19-24-18-40(39-38-24)32(2,3)10-11-44-33(4,5)17-21-6-8-23(34)9-7-21/h6-9,12-13,15-16,18H,10-11,14,17,19H2,1-5H3,(H,41,42). The number of carbonyl (C=O) groups is 1. The number of aliphatic carboxylic acids is 1. The van der Waals surface area contributed by atoms with E-state index in [0.717, 1.165) is 39.6 Å². The third kappa shape index (κ3) is 10.2. The summed E-state index contributed by atoms with van der Waals surface area (Å²) < 4.78 is 36.4.